The fourth-order valence-electron chi connectivity index (χ4n) is 1.01. The zero-order valence-electron chi connectivity index (χ0n) is 15.3. The van der Waals surface area contributed by atoms with Gasteiger partial charge in [-0.3, -0.25) is 0 Å². The largest absolute Gasteiger partial charge is 0.385 e. The molecule has 0 aromatic carbocycles. The average Bonchev–Trinajstić information content (AvgIpc) is 2.53. The van der Waals surface area contributed by atoms with Gasteiger partial charge < -0.3 is 18.9 Å². The van der Waals surface area contributed by atoms with Crippen LogP contribution in [0.25, 0.3) is 0 Å². The highest BCUT2D eigenvalue weighted by atomic mass is 16.5. The predicted octanol–water partition coefficient (Wildman–Crippen LogP) is 4.09. The Balaban J connectivity index is -0.000000252. The van der Waals surface area contributed by atoms with Gasteiger partial charge in [0.25, 0.3) is 0 Å². The molecule has 0 heterocycles. The Hall–Kier alpha value is -0.420. The molecule has 130 valence electrons. The van der Waals surface area contributed by atoms with Crippen molar-refractivity contribution in [1.82, 2.24) is 0 Å². The molecule has 0 aromatic heterocycles. The van der Waals surface area contributed by atoms with E-state index in [0.717, 1.165) is 25.9 Å². The Morgan fingerprint density at radius 1 is 1.00 bits per heavy atom. The normalized spacial score (nSPS) is 12.3. The van der Waals surface area contributed by atoms with Crippen molar-refractivity contribution < 1.29 is 18.9 Å². The summed E-state index contributed by atoms with van der Waals surface area (Å²) in [4.78, 5) is 0. The van der Waals surface area contributed by atoms with E-state index in [9.17, 15) is 0 Å². The van der Waals surface area contributed by atoms with Crippen molar-refractivity contribution in [2.24, 2.45) is 0 Å². The molecular formula is C17H38O4. The van der Waals surface area contributed by atoms with E-state index in [4.69, 9.17) is 18.9 Å². The highest BCUT2D eigenvalue weighted by Gasteiger charge is 2.01. The number of hydrogen-bond acceptors (Lipinski definition) is 4. The van der Waals surface area contributed by atoms with E-state index in [0.29, 0.717) is 19.3 Å². The monoisotopic (exact) mass is 306 g/mol. The second-order valence-corrected chi connectivity index (χ2v) is 4.54. The second kappa shape index (κ2) is 24.6. The lowest BCUT2D eigenvalue weighted by Gasteiger charge is -2.11. The van der Waals surface area contributed by atoms with Gasteiger partial charge in [0.15, 0.2) is 0 Å². The molecule has 0 rings (SSSR count). The van der Waals surface area contributed by atoms with Crippen molar-refractivity contribution in [2.45, 2.75) is 59.2 Å². The summed E-state index contributed by atoms with van der Waals surface area (Å²) in [5, 5.41) is 0. The van der Waals surface area contributed by atoms with Gasteiger partial charge in [-0.15, -0.1) is 6.58 Å². The van der Waals surface area contributed by atoms with Crippen molar-refractivity contribution in [2.75, 3.05) is 41.2 Å². The maximum Gasteiger partial charge on any atom is 0.0802 e. The van der Waals surface area contributed by atoms with Crippen LogP contribution in [-0.4, -0.2) is 53.4 Å². The van der Waals surface area contributed by atoms with Gasteiger partial charge in [-0.1, -0.05) is 26.8 Å². The molecule has 0 aromatic rings. The van der Waals surface area contributed by atoms with Crippen LogP contribution in [0.2, 0.25) is 0 Å². The molecule has 0 radical (unpaired) electrons. The molecule has 4 nitrogen and oxygen atoms in total. The SMILES string of the molecule is C=CCOCC(CC)OC.CCC(C)OC.CCCOC. The van der Waals surface area contributed by atoms with Crippen molar-refractivity contribution in [1.29, 1.82) is 0 Å². The van der Waals surface area contributed by atoms with E-state index >= 15 is 0 Å². The van der Waals surface area contributed by atoms with Crippen LogP contribution >= 0.6 is 0 Å². The number of ether oxygens (including phenoxy) is 4. The second-order valence-electron chi connectivity index (χ2n) is 4.54. The number of methoxy groups -OCH3 is 3. The molecule has 0 amide bonds. The summed E-state index contributed by atoms with van der Waals surface area (Å²) < 4.78 is 19.9. The van der Waals surface area contributed by atoms with Crippen LogP contribution in [0.3, 0.4) is 0 Å². The molecule has 2 unspecified atom stereocenters. The quantitative estimate of drug-likeness (QED) is 0.450. The lowest BCUT2D eigenvalue weighted by atomic mass is 10.3. The molecule has 0 saturated carbocycles. The van der Waals surface area contributed by atoms with Crippen molar-refractivity contribution >= 4 is 0 Å². The van der Waals surface area contributed by atoms with Gasteiger partial charge in [-0.2, -0.15) is 0 Å². The molecular weight excluding hydrogens is 268 g/mol. The maximum absolute atomic E-state index is 5.18. The topological polar surface area (TPSA) is 36.9 Å². The Labute approximate surface area is 132 Å². The zero-order valence-corrected chi connectivity index (χ0v) is 15.3. The standard InChI is InChI=1S/C8H16O2.C5H12O.C4H10O/c1-4-6-10-7-8(5-2)9-3;1-4-5(2)6-3;1-3-4-5-2/h4,8H,1,5-7H2,2-3H3;5H,4H2,1-3H3;3-4H2,1-2H3. The molecule has 0 saturated heterocycles. The fourth-order valence-corrected chi connectivity index (χ4v) is 1.01. The smallest absolute Gasteiger partial charge is 0.0802 e. The van der Waals surface area contributed by atoms with Crippen LogP contribution in [0.15, 0.2) is 12.7 Å². The van der Waals surface area contributed by atoms with Gasteiger partial charge in [-0.05, 0) is 26.2 Å². The summed E-state index contributed by atoms with van der Waals surface area (Å²) in [6.45, 7) is 14.0. The number of hydrogen-bond donors (Lipinski definition) is 0. The van der Waals surface area contributed by atoms with Crippen molar-refractivity contribution in [3.63, 3.8) is 0 Å². The van der Waals surface area contributed by atoms with Crippen molar-refractivity contribution in [3.8, 4) is 0 Å². The summed E-state index contributed by atoms with van der Waals surface area (Å²) in [7, 11) is 5.14. The Kier molecular flexibility index (Phi) is 29.9. The van der Waals surface area contributed by atoms with Gasteiger partial charge in [-0.25, -0.2) is 0 Å². The molecule has 4 heteroatoms. The molecule has 2 atom stereocenters. The van der Waals surface area contributed by atoms with Crippen LogP contribution < -0.4 is 0 Å². The summed E-state index contributed by atoms with van der Waals surface area (Å²) in [6, 6.07) is 0. The lowest BCUT2D eigenvalue weighted by molar-refractivity contribution is 0.0158. The minimum atomic E-state index is 0.236. The summed E-state index contributed by atoms with van der Waals surface area (Å²) in [6.07, 6.45) is 5.63. The number of rotatable bonds is 10. The highest BCUT2D eigenvalue weighted by molar-refractivity contribution is 4.64. The van der Waals surface area contributed by atoms with E-state index in [1.165, 1.54) is 0 Å². The minimum absolute atomic E-state index is 0.236. The first-order chi connectivity index (χ1) is 10.1. The van der Waals surface area contributed by atoms with E-state index in [1.807, 2.05) is 0 Å². The van der Waals surface area contributed by atoms with Gasteiger partial charge in [0, 0.05) is 27.9 Å². The molecule has 0 bridgehead atoms. The highest BCUT2D eigenvalue weighted by Crippen LogP contribution is 1.95. The van der Waals surface area contributed by atoms with Gasteiger partial charge in [0.1, 0.15) is 0 Å². The van der Waals surface area contributed by atoms with E-state index in [1.54, 1.807) is 27.4 Å². The molecule has 0 aliphatic rings. The predicted molar refractivity (Wildman–Crippen MR) is 91.0 cm³/mol. The van der Waals surface area contributed by atoms with E-state index in [-0.39, 0.29) is 6.10 Å². The third kappa shape index (κ3) is 28.5. The Bertz CT molecular complexity index is 164. The zero-order chi connectivity index (χ0) is 16.9. The van der Waals surface area contributed by atoms with Gasteiger partial charge in [0.2, 0.25) is 0 Å². The average molecular weight is 306 g/mol. The third-order valence-corrected chi connectivity index (χ3v) is 2.71. The molecule has 0 N–H and O–H groups in total. The third-order valence-electron chi connectivity index (χ3n) is 2.71. The Morgan fingerprint density at radius 3 is 1.81 bits per heavy atom. The van der Waals surface area contributed by atoms with Crippen LogP contribution in [0.1, 0.15) is 47.0 Å². The van der Waals surface area contributed by atoms with Crippen LogP contribution in [0.5, 0.6) is 0 Å². The fraction of sp³-hybridized carbons (Fsp3) is 0.882. The van der Waals surface area contributed by atoms with Crippen LogP contribution in [0.4, 0.5) is 0 Å². The molecule has 0 spiro atoms. The molecule has 21 heavy (non-hydrogen) atoms. The summed E-state index contributed by atoms with van der Waals surface area (Å²) >= 11 is 0. The Morgan fingerprint density at radius 2 is 1.62 bits per heavy atom. The van der Waals surface area contributed by atoms with Crippen LogP contribution in [-0.2, 0) is 18.9 Å². The van der Waals surface area contributed by atoms with Crippen LogP contribution in [0, 0.1) is 0 Å². The van der Waals surface area contributed by atoms with Gasteiger partial charge >= 0.3 is 0 Å². The summed E-state index contributed by atoms with van der Waals surface area (Å²) in [5.41, 5.74) is 0. The molecule has 0 aliphatic heterocycles. The minimum Gasteiger partial charge on any atom is -0.385 e. The van der Waals surface area contributed by atoms with Gasteiger partial charge in [0.05, 0.1) is 25.4 Å². The van der Waals surface area contributed by atoms with E-state index in [2.05, 4.69) is 34.3 Å². The first kappa shape index (κ1) is 25.5. The molecule has 0 aliphatic carbocycles. The lowest BCUT2D eigenvalue weighted by Crippen LogP contribution is -2.16. The van der Waals surface area contributed by atoms with E-state index < -0.39 is 0 Å². The first-order valence-corrected chi connectivity index (χ1v) is 7.80. The maximum atomic E-state index is 5.18. The first-order valence-electron chi connectivity index (χ1n) is 7.80. The summed E-state index contributed by atoms with van der Waals surface area (Å²) in [5.74, 6) is 0. The molecule has 0 fully saturated rings. The van der Waals surface area contributed by atoms with Crippen molar-refractivity contribution in [3.05, 3.63) is 12.7 Å².